The molecule has 0 bridgehead atoms. The molecule has 1 aromatic rings. The zero-order chi connectivity index (χ0) is 11.7. The van der Waals surface area contributed by atoms with Gasteiger partial charge in [0.2, 0.25) is 0 Å². The third kappa shape index (κ3) is 3.71. The Morgan fingerprint density at radius 2 is 1.87 bits per heavy atom. The largest absolute Gasteiger partial charge is 0.373 e. The monoisotopic (exact) mass is 254 g/mol. The van der Waals surface area contributed by atoms with Crippen molar-refractivity contribution < 1.29 is 28.7 Å². The highest BCUT2D eigenvalue weighted by molar-refractivity contribution is 7.65. The van der Waals surface area contributed by atoms with Crippen molar-refractivity contribution >= 4 is 20.6 Å². The lowest BCUT2D eigenvalue weighted by Gasteiger charge is -2.10. The van der Waals surface area contributed by atoms with Crippen LogP contribution in [-0.4, -0.2) is 29.1 Å². The number of nitrogens with zero attached hydrogens (tertiary/aromatic N) is 2. The van der Waals surface area contributed by atoms with Crippen molar-refractivity contribution in [2.75, 3.05) is 0 Å². The highest BCUT2D eigenvalue weighted by Crippen LogP contribution is 2.53. The van der Waals surface area contributed by atoms with Crippen LogP contribution in [0.25, 0.3) is 5.44 Å². The molecule has 0 radical (unpaired) electrons. The zero-order valence-corrected chi connectivity index (χ0v) is 8.99. The summed E-state index contributed by atoms with van der Waals surface area (Å²) in [7, 11) is -9.43. The van der Waals surface area contributed by atoms with Crippen molar-refractivity contribution in [1.82, 2.24) is 9.55 Å². The standard InChI is InChI=1S/C5H8N2O6P2/c8-14(9,10)3-5(15(11,12)13)7-2-1-6-4-7/h1-4H,(H2,8,9,10)(H2,11,12,13). The summed E-state index contributed by atoms with van der Waals surface area (Å²) in [5.74, 6) is 0.218. The van der Waals surface area contributed by atoms with Gasteiger partial charge < -0.3 is 19.6 Å². The van der Waals surface area contributed by atoms with Crippen LogP contribution in [0.3, 0.4) is 0 Å². The molecule has 0 saturated heterocycles. The summed E-state index contributed by atoms with van der Waals surface area (Å²) >= 11 is 0. The summed E-state index contributed by atoms with van der Waals surface area (Å²) in [4.78, 5) is 38.5. The molecule has 1 rings (SSSR count). The molecule has 15 heavy (non-hydrogen) atoms. The normalized spacial score (nSPS) is 14.3. The lowest BCUT2D eigenvalue weighted by atomic mass is 10.8. The molecule has 84 valence electrons. The lowest BCUT2D eigenvalue weighted by molar-refractivity contribution is 0.380. The van der Waals surface area contributed by atoms with Crippen molar-refractivity contribution in [2.45, 2.75) is 0 Å². The topological polar surface area (TPSA) is 133 Å². The molecule has 0 aliphatic carbocycles. The molecule has 0 fully saturated rings. The molecule has 0 saturated carbocycles. The minimum absolute atomic E-state index is 0.218. The number of rotatable bonds is 3. The summed E-state index contributed by atoms with van der Waals surface area (Å²) in [6, 6.07) is 0. The molecule has 8 nitrogen and oxygen atoms in total. The molecule has 0 spiro atoms. The van der Waals surface area contributed by atoms with Crippen LogP contribution in [0.4, 0.5) is 0 Å². The van der Waals surface area contributed by atoms with Crippen LogP contribution in [0.1, 0.15) is 0 Å². The first-order chi connectivity index (χ1) is 6.70. The highest BCUT2D eigenvalue weighted by Gasteiger charge is 2.26. The average Bonchev–Trinajstić information content (AvgIpc) is 2.47. The van der Waals surface area contributed by atoms with Gasteiger partial charge in [0.25, 0.3) is 0 Å². The summed E-state index contributed by atoms with van der Waals surface area (Å²) in [6.07, 6.45) is 3.42. The van der Waals surface area contributed by atoms with E-state index in [0.29, 0.717) is 0 Å². The van der Waals surface area contributed by atoms with Gasteiger partial charge in [0.15, 0.2) is 0 Å². The van der Waals surface area contributed by atoms with Crippen LogP contribution in [-0.2, 0) is 9.13 Å². The second-order valence-electron chi connectivity index (χ2n) is 2.59. The van der Waals surface area contributed by atoms with Gasteiger partial charge in [-0.25, -0.2) is 4.98 Å². The van der Waals surface area contributed by atoms with Crippen molar-refractivity contribution in [3.8, 4) is 0 Å². The van der Waals surface area contributed by atoms with E-state index in [2.05, 4.69) is 4.98 Å². The Kier molecular flexibility index (Phi) is 3.30. The molecule has 0 unspecified atom stereocenters. The molecular weight excluding hydrogens is 246 g/mol. The second-order valence-corrected chi connectivity index (χ2v) is 5.57. The Bertz CT molecular complexity index is 454. The maximum absolute atomic E-state index is 10.9. The number of hydrogen-bond acceptors (Lipinski definition) is 3. The number of aromatic nitrogens is 2. The van der Waals surface area contributed by atoms with Crippen LogP contribution < -0.4 is 0 Å². The van der Waals surface area contributed by atoms with Gasteiger partial charge in [-0.15, -0.1) is 0 Å². The summed E-state index contributed by atoms with van der Waals surface area (Å²) in [5, 5.41) is 0. The Morgan fingerprint density at radius 3 is 2.20 bits per heavy atom. The molecule has 0 atom stereocenters. The van der Waals surface area contributed by atoms with E-state index >= 15 is 0 Å². The van der Waals surface area contributed by atoms with Crippen LogP contribution in [0.5, 0.6) is 0 Å². The molecule has 0 aliphatic rings. The van der Waals surface area contributed by atoms with Crippen LogP contribution in [0.15, 0.2) is 24.5 Å². The van der Waals surface area contributed by atoms with E-state index in [1.165, 1.54) is 12.4 Å². The second kappa shape index (κ2) is 4.02. The molecular formula is C5H8N2O6P2. The van der Waals surface area contributed by atoms with Crippen molar-refractivity contribution in [2.24, 2.45) is 0 Å². The van der Waals surface area contributed by atoms with Gasteiger partial charge in [0.05, 0.1) is 12.1 Å². The van der Waals surface area contributed by atoms with Crippen LogP contribution >= 0.6 is 15.2 Å². The first kappa shape index (κ1) is 12.3. The Hall–Kier alpha value is -0.750. The van der Waals surface area contributed by atoms with Crippen LogP contribution in [0.2, 0.25) is 0 Å². The summed E-state index contributed by atoms with van der Waals surface area (Å²) in [6.45, 7) is 0. The van der Waals surface area contributed by atoms with Crippen molar-refractivity contribution in [3.63, 3.8) is 0 Å². The maximum Gasteiger partial charge on any atom is 0.373 e. The fraction of sp³-hybridized carbons (Fsp3) is 0. The Balaban J connectivity index is 3.30. The van der Waals surface area contributed by atoms with Crippen molar-refractivity contribution in [1.29, 1.82) is 0 Å². The van der Waals surface area contributed by atoms with E-state index in [9.17, 15) is 9.13 Å². The lowest BCUT2D eigenvalue weighted by Crippen LogP contribution is -1.95. The average molecular weight is 254 g/mol. The van der Waals surface area contributed by atoms with Gasteiger partial charge in [-0.05, 0) is 0 Å². The first-order valence-corrected chi connectivity index (χ1v) is 6.82. The third-order valence-corrected chi connectivity index (χ3v) is 3.09. The minimum atomic E-state index is -4.77. The highest BCUT2D eigenvalue weighted by atomic mass is 31.2. The molecule has 0 aliphatic heterocycles. The fourth-order valence-corrected chi connectivity index (χ4v) is 2.74. The maximum atomic E-state index is 10.9. The molecule has 1 heterocycles. The summed E-state index contributed by atoms with van der Waals surface area (Å²) in [5.41, 5.74) is -0.798. The predicted molar refractivity (Wildman–Crippen MR) is 50.6 cm³/mol. The molecule has 0 aromatic carbocycles. The number of hydrogen-bond donors (Lipinski definition) is 4. The number of imidazole rings is 1. The third-order valence-electron chi connectivity index (χ3n) is 1.35. The molecule has 0 amide bonds. The van der Waals surface area contributed by atoms with E-state index in [1.807, 2.05) is 0 Å². The van der Waals surface area contributed by atoms with Crippen LogP contribution in [0, 0.1) is 0 Å². The van der Waals surface area contributed by atoms with E-state index in [4.69, 9.17) is 19.6 Å². The van der Waals surface area contributed by atoms with Gasteiger partial charge in [0, 0.05) is 12.4 Å². The van der Waals surface area contributed by atoms with Gasteiger partial charge in [-0.2, -0.15) is 0 Å². The zero-order valence-electron chi connectivity index (χ0n) is 7.20. The van der Waals surface area contributed by atoms with E-state index in [0.717, 1.165) is 10.9 Å². The van der Waals surface area contributed by atoms with E-state index < -0.39 is 20.6 Å². The molecule has 10 heteroatoms. The fourth-order valence-electron chi connectivity index (χ4n) is 0.837. The minimum Gasteiger partial charge on any atom is -0.321 e. The van der Waals surface area contributed by atoms with Crippen molar-refractivity contribution in [3.05, 3.63) is 24.5 Å². The predicted octanol–water partition coefficient (Wildman–Crippen LogP) is -0.00560. The van der Waals surface area contributed by atoms with Gasteiger partial charge in [-0.1, -0.05) is 0 Å². The van der Waals surface area contributed by atoms with E-state index in [-0.39, 0.29) is 5.82 Å². The van der Waals surface area contributed by atoms with Gasteiger partial charge in [-0.3, -0.25) is 13.7 Å². The first-order valence-electron chi connectivity index (χ1n) is 3.53. The smallest absolute Gasteiger partial charge is 0.321 e. The molecule has 4 N–H and O–H groups in total. The Labute approximate surface area is 84.2 Å². The Morgan fingerprint density at radius 1 is 1.27 bits per heavy atom. The van der Waals surface area contributed by atoms with Gasteiger partial charge in [0.1, 0.15) is 5.44 Å². The van der Waals surface area contributed by atoms with E-state index in [1.54, 1.807) is 0 Å². The quantitative estimate of drug-likeness (QED) is 0.557. The summed E-state index contributed by atoms with van der Waals surface area (Å²) < 4.78 is 22.4. The molecule has 1 aromatic heterocycles. The SMILES string of the molecule is O=P(O)(O)C=C(n1ccnc1)P(=O)(O)O. The van der Waals surface area contributed by atoms with Gasteiger partial charge >= 0.3 is 15.2 Å².